The summed E-state index contributed by atoms with van der Waals surface area (Å²) in [5.74, 6) is 0.356. The number of anilines is 1. The molecule has 3 aromatic rings. The summed E-state index contributed by atoms with van der Waals surface area (Å²) in [7, 11) is 0. The second-order valence-electron chi connectivity index (χ2n) is 6.64. The van der Waals surface area contributed by atoms with Gasteiger partial charge in [-0.1, -0.05) is 30.3 Å². The first-order valence-electron chi connectivity index (χ1n) is 9.04. The lowest BCUT2D eigenvalue weighted by Gasteiger charge is -2.30. The number of fused-ring (bicyclic) bond motifs is 1. The molecule has 4 rings (SSSR count). The maximum Gasteiger partial charge on any atom is 0.251 e. The molecule has 1 aliphatic rings. The first kappa shape index (κ1) is 18.8. The van der Waals surface area contributed by atoms with Gasteiger partial charge in [0.25, 0.3) is 5.91 Å². The van der Waals surface area contributed by atoms with Crippen LogP contribution >= 0.6 is 23.1 Å². The second kappa shape index (κ2) is 8.20. The third-order valence-corrected chi connectivity index (χ3v) is 6.68. The fourth-order valence-electron chi connectivity index (χ4n) is 3.16. The molecule has 2 heterocycles. The fraction of sp³-hybridized carbons (Fsp3) is 0.182. The number of hydrogen-bond donors (Lipinski definition) is 1. The van der Waals surface area contributed by atoms with Crippen LogP contribution in [-0.2, 0) is 17.9 Å². The second-order valence-corrected chi connectivity index (χ2v) is 8.69. The molecule has 6 heteroatoms. The molecule has 142 valence electrons. The van der Waals surface area contributed by atoms with Gasteiger partial charge in [-0.2, -0.15) is 0 Å². The Morgan fingerprint density at radius 2 is 2.00 bits per heavy atom. The smallest absolute Gasteiger partial charge is 0.251 e. The van der Waals surface area contributed by atoms with E-state index >= 15 is 0 Å². The maximum absolute atomic E-state index is 12.6. The minimum atomic E-state index is -0.130. The number of nitrogens with zero attached hydrogens (tertiary/aromatic N) is 1. The van der Waals surface area contributed by atoms with Gasteiger partial charge in [0.1, 0.15) is 0 Å². The maximum atomic E-state index is 12.6. The highest BCUT2D eigenvalue weighted by Gasteiger charge is 2.26. The van der Waals surface area contributed by atoms with E-state index in [9.17, 15) is 9.59 Å². The van der Waals surface area contributed by atoms with Crippen molar-refractivity contribution in [3.05, 3.63) is 81.5 Å². The number of thioether (sulfide) groups is 1. The van der Waals surface area contributed by atoms with Gasteiger partial charge in [-0.3, -0.25) is 9.59 Å². The van der Waals surface area contributed by atoms with Crippen molar-refractivity contribution < 1.29 is 9.59 Å². The molecule has 1 N–H and O–H groups in total. The van der Waals surface area contributed by atoms with Crippen LogP contribution in [0.25, 0.3) is 0 Å². The van der Waals surface area contributed by atoms with Gasteiger partial charge in [-0.25, -0.2) is 0 Å². The molecule has 0 saturated heterocycles. The van der Waals surface area contributed by atoms with Crippen molar-refractivity contribution in [3.8, 4) is 0 Å². The Balaban J connectivity index is 1.58. The molecule has 0 saturated carbocycles. The average Bonchev–Trinajstić information content (AvgIpc) is 3.23. The largest absolute Gasteiger partial charge is 0.347 e. The van der Waals surface area contributed by atoms with E-state index in [1.54, 1.807) is 16.2 Å². The summed E-state index contributed by atoms with van der Waals surface area (Å²) in [4.78, 5) is 29.2. The molecule has 28 heavy (non-hydrogen) atoms. The summed E-state index contributed by atoms with van der Waals surface area (Å²) in [5, 5.41) is 4.95. The fourth-order valence-corrected chi connectivity index (χ4v) is 4.72. The average molecular weight is 409 g/mol. The van der Waals surface area contributed by atoms with Crippen LogP contribution in [0.1, 0.15) is 26.4 Å². The van der Waals surface area contributed by atoms with Gasteiger partial charge in [-0.15, -0.1) is 23.1 Å². The predicted octanol–water partition coefficient (Wildman–Crippen LogP) is 4.63. The summed E-state index contributed by atoms with van der Waals surface area (Å²) in [5.41, 5.74) is 3.65. The Kier molecular flexibility index (Phi) is 5.50. The van der Waals surface area contributed by atoms with Gasteiger partial charge in [-0.05, 0) is 47.7 Å². The van der Waals surface area contributed by atoms with Gasteiger partial charge in [0, 0.05) is 15.3 Å². The highest BCUT2D eigenvalue weighted by atomic mass is 32.2. The number of thiophene rings is 1. The van der Waals surface area contributed by atoms with Crippen LogP contribution in [0.15, 0.2) is 64.9 Å². The highest BCUT2D eigenvalue weighted by Crippen LogP contribution is 2.37. The molecule has 0 bridgehead atoms. The molecule has 1 aliphatic heterocycles. The van der Waals surface area contributed by atoms with Crippen molar-refractivity contribution in [3.63, 3.8) is 0 Å². The number of benzene rings is 2. The Bertz CT molecular complexity index is 1020. The number of hydrogen-bond acceptors (Lipinski definition) is 4. The highest BCUT2D eigenvalue weighted by molar-refractivity contribution is 8.00. The predicted molar refractivity (Wildman–Crippen MR) is 115 cm³/mol. The topological polar surface area (TPSA) is 49.4 Å². The first-order valence-corrected chi connectivity index (χ1v) is 10.9. The molecule has 0 radical (unpaired) electrons. The number of aryl methyl sites for hydroxylation is 1. The summed E-state index contributed by atoms with van der Waals surface area (Å²) < 4.78 is 0. The standard InChI is InChI=1S/C22H20N2O2S2/c1-15-5-2-3-6-17(15)13-24-19-11-16(8-9-20(19)28-14-21(24)25)22(26)23-12-18-7-4-10-27-18/h2-11H,12-14H2,1H3,(H,23,26). The molecule has 2 aromatic carbocycles. The van der Waals surface area contributed by atoms with Crippen LogP contribution in [0.4, 0.5) is 5.69 Å². The molecule has 0 spiro atoms. The Morgan fingerprint density at radius 1 is 1.14 bits per heavy atom. The summed E-state index contributed by atoms with van der Waals surface area (Å²) in [6.45, 7) is 3.07. The first-order chi connectivity index (χ1) is 13.6. The van der Waals surface area contributed by atoms with Crippen molar-refractivity contribution in [2.75, 3.05) is 10.7 Å². The third kappa shape index (κ3) is 3.98. The lowest BCUT2D eigenvalue weighted by Crippen LogP contribution is -2.35. The quantitative estimate of drug-likeness (QED) is 0.670. The molecule has 1 aromatic heterocycles. The van der Waals surface area contributed by atoms with E-state index in [1.807, 2.05) is 66.9 Å². The number of carbonyl (C=O) groups excluding carboxylic acids is 2. The van der Waals surface area contributed by atoms with Gasteiger partial charge in [0.05, 0.1) is 24.5 Å². The number of carbonyl (C=O) groups is 2. The summed E-state index contributed by atoms with van der Waals surface area (Å²) >= 11 is 3.14. The van der Waals surface area contributed by atoms with Crippen molar-refractivity contribution in [1.82, 2.24) is 5.32 Å². The zero-order valence-electron chi connectivity index (χ0n) is 15.5. The lowest BCUT2D eigenvalue weighted by molar-refractivity contribution is -0.116. The van der Waals surface area contributed by atoms with Gasteiger partial charge in [0.15, 0.2) is 0 Å². The Labute approximate surface area is 172 Å². The normalized spacial score (nSPS) is 13.3. The number of amides is 2. The molecule has 0 aliphatic carbocycles. The van der Waals surface area contributed by atoms with E-state index in [4.69, 9.17) is 0 Å². The SMILES string of the molecule is Cc1ccccc1CN1C(=O)CSc2ccc(C(=O)NCc3cccs3)cc21. The van der Waals surface area contributed by atoms with Crippen LogP contribution < -0.4 is 10.2 Å². The molecule has 0 fully saturated rings. The van der Waals surface area contributed by atoms with Crippen molar-refractivity contribution >= 4 is 40.6 Å². The van der Waals surface area contributed by atoms with E-state index in [2.05, 4.69) is 5.32 Å². The molecule has 2 amide bonds. The molecular formula is C22H20N2O2S2. The zero-order chi connectivity index (χ0) is 19.5. The van der Waals surface area contributed by atoms with E-state index in [0.29, 0.717) is 24.4 Å². The van der Waals surface area contributed by atoms with Crippen molar-refractivity contribution in [2.24, 2.45) is 0 Å². The van der Waals surface area contributed by atoms with Crippen LogP contribution in [-0.4, -0.2) is 17.6 Å². The van der Waals surface area contributed by atoms with Crippen LogP contribution in [0.3, 0.4) is 0 Å². The molecular weight excluding hydrogens is 388 g/mol. The van der Waals surface area contributed by atoms with E-state index < -0.39 is 0 Å². The van der Waals surface area contributed by atoms with Crippen LogP contribution in [0.5, 0.6) is 0 Å². The summed E-state index contributed by atoms with van der Waals surface area (Å²) in [6, 6.07) is 17.7. The van der Waals surface area contributed by atoms with E-state index in [1.165, 1.54) is 11.8 Å². The van der Waals surface area contributed by atoms with Crippen LogP contribution in [0.2, 0.25) is 0 Å². The van der Waals surface area contributed by atoms with E-state index in [-0.39, 0.29) is 11.8 Å². The van der Waals surface area contributed by atoms with Gasteiger partial charge in [0.2, 0.25) is 5.91 Å². The van der Waals surface area contributed by atoms with Crippen molar-refractivity contribution in [2.45, 2.75) is 24.9 Å². The number of nitrogens with one attached hydrogen (secondary N) is 1. The number of rotatable bonds is 5. The van der Waals surface area contributed by atoms with Crippen molar-refractivity contribution in [1.29, 1.82) is 0 Å². The monoisotopic (exact) mass is 408 g/mol. The molecule has 0 unspecified atom stereocenters. The van der Waals surface area contributed by atoms with Crippen LogP contribution in [0, 0.1) is 6.92 Å². The third-order valence-electron chi connectivity index (χ3n) is 4.76. The minimum Gasteiger partial charge on any atom is -0.347 e. The molecule has 0 atom stereocenters. The Morgan fingerprint density at radius 3 is 2.79 bits per heavy atom. The lowest BCUT2D eigenvalue weighted by atomic mass is 10.1. The summed E-state index contributed by atoms with van der Waals surface area (Å²) in [6.07, 6.45) is 0. The zero-order valence-corrected chi connectivity index (χ0v) is 17.1. The minimum absolute atomic E-state index is 0.0666. The van der Waals surface area contributed by atoms with Gasteiger partial charge < -0.3 is 10.2 Å². The van der Waals surface area contributed by atoms with Gasteiger partial charge >= 0.3 is 0 Å². The molecule has 4 nitrogen and oxygen atoms in total. The van der Waals surface area contributed by atoms with E-state index in [0.717, 1.165) is 26.6 Å². The Hall–Kier alpha value is -2.57.